The molecule has 0 radical (unpaired) electrons. The van der Waals surface area contributed by atoms with Gasteiger partial charge in [-0.15, -0.1) is 0 Å². The molecule has 5 heteroatoms. The van der Waals surface area contributed by atoms with Gasteiger partial charge in [0.2, 0.25) is 5.91 Å². The first-order valence-electron chi connectivity index (χ1n) is 7.99. The van der Waals surface area contributed by atoms with Crippen LogP contribution in [-0.2, 0) is 9.59 Å². The van der Waals surface area contributed by atoms with Crippen molar-refractivity contribution in [3.63, 3.8) is 0 Å². The van der Waals surface area contributed by atoms with Crippen LogP contribution in [-0.4, -0.2) is 17.0 Å². The zero-order valence-electron chi connectivity index (χ0n) is 13.3. The van der Waals surface area contributed by atoms with E-state index in [2.05, 4.69) is 5.32 Å². The van der Waals surface area contributed by atoms with E-state index in [1.165, 1.54) is 0 Å². The van der Waals surface area contributed by atoms with Crippen LogP contribution < -0.4 is 5.32 Å². The topological polar surface area (TPSA) is 90.2 Å². The second-order valence-electron chi connectivity index (χ2n) is 6.47. The number of anilines is 1. The Bertz CT molecular complexity index is 629. The SMILES string of the molecule is CC(CC(=O)O)(C(=O)Nc1cccc(C#N)c1)C1CCCCC1. The predicted molar refractivity (Wildman–Crippen MR) is 86.7 cm³/mol. The Kier molecular flexibility index (Phi) is 5.38. The Morgan fingerprint density at radius 2 is 2.04 bits per heavy atom. The first-order chi connectivity index (χ1) is 11.0. The molecule has 1 fully saturated rings. The smallest absolute Gasteiger partial charge is 0.304 e. The maximum atomic E-state index is 12.8. The molecule has 0 saturated heterocycles. The van der Waals surface area contributed by atoms with Crippen molar-refractivity contribution in [1.82, 2.24) is 0 Å². The molecular weight excluding hydrogens is 292 g/mol. The Labute approximate surface area is 136 Å². The Hall–Kier alpha value is -2.35. The number of carbonyl (C=O) groups is 2. The van der Waals surface area contributed by atoms with Crippen LogP contribution in [0.1, 0.15) is 51.0 Å². The summed E-state index contributed by atoms with van der Waals surface area (Å²) in [6.07, 6.45) is 4.81. The molecular formula is C18H22N2O3. The van der Waals surface area contributed by atoms with E-state index in [9.17, 15) is 14.7 Å². The molecule has 0 spiro atoms. The second kappa shape index (κ2) is 7.28. The Morgan fingerprint density at radius 1 is 1.35 bits per heavy atom. The van der Waals surface area contributed by atoms with Gasteiger partial charge in [0, 0.05) is 5.69 Å². The maximum absolute atomic E-state index is 12.8. The first kappa shape index (κ1) is 17.0. The molecule has 1 aliphatic rings. The molecule has 1 unspecified atom stereocenters. The van der Waals surface area contributed by atoms with E-state index in [0.717, 1.165) is 32.1 Å². The molecule has 2 N–H and O–H groups in total. The van der Waals surface area contributed by atoms with E-state index in [-0.39, 0.29) is 18.2 Å². The lowest BCUT2D eigenvalue weighted by atomic mass is 9.67. The number of hydrogen-bond donors (Lipinski definition) is 2. The van der Waals surface area contributed by atoms with Crippen molar-refractivity contribution >= 4 is 17.6 Å². The normalized spacial score (nSPS) is 17.7. The highest BCUT2D eigenvalue weighted by atomic mass is 16.4. The van der Waals surface area contributed by atoms with Gasteiger partial charge in [-0.25, -0.2) is 0 Å². The molecule has 1 aliphatic carbocycles. The molecule has 0 bridgehead atoms. The number of aliphatic carboxylic acids is 1. The summed E-state index contributed by atoms with van der Waals surface area (Å²) in [6.45, 7) is 1.75. The molecule has 1 aromatic carbocycles. The number of carbonyl (C=O) groups excluding carboxylic acids is 1. The molecule has 2 rings (SSSR count). The van der Waals surface area contributed by atoms with Crippen LogP contribution in [0.15, 0.2) is 24.3 Å². The van der Waals surface area contributed by atoms with E-state index in [1.54, 1.807) is 31.2 Å². The summed E-state index contributed by atoms with van der Waals surface area (Å²) in [6, 6.07) is 8.69. The van der Waals surface area contributed by atoms with Gasteiger partial charge >= 0.3 is 5.97 Å². The van der Waals surface area contributed by atoms with Gasteiger partial charge in [0.25, 0.3) is 0 Å². The molecule has 0 heterocycles. The number of nitrogens with one attached hydrogen (secondary N) is 1. The summed E-state index contributed by atoms with van der Waals surface area (Å²) in [4.78, 5) is 24.1. The number of benzene rings is 1. The minimum absolute atomic E-state index is 0.0755. The molecule has 0 aliphatic heterocycles. The third-order valence-corrected chi connectivity index (χ3v) is 4.79. The fraction of sp³-hybridized carbons (Fsp3) is 0.500. The standard InChI is InChI=1S/C18H22N2O3/c1-18(11-16(21)22,14-7-3-2-4-8-14)17(23)20-15-9-5-6-13(10-15)12-19/h5-6,9-10,14H,2-4,7-8,11H2,1H3,(H,20,23)(H,21,22). The van der Waals surface area contributed by atoms with Gasteiger partial charge in [-0.05, 0) is 43.9 Å². The third-order valence-electron chi connectivity index (χ3n) is 4.79. The average Bonchev–Trinajstić information content (AvgIpc) is 2.55. The van der Waals surface area contributed by atoms with E-state index in [1.807, 2.05) is 6.07 Å². The van der Waals surface area contributed by atoms with E-state index in [0.29, 0.717) is 11.3 Å². The van der Waals surface area contributed by atoms with Gasteiger partial charge in [-0.3, -0.25) is 9.59 Å². The van der Waals surface area contributed by atoms with Crippen LogP contribution in [0.3, 0.4) is 0 Å². The minimum atomic E-state index is -0.959. The van der Waals surface area contributed by atoms with Gasteiger partial charge in [-0.1, -0.05) is 25.3 Å². The Morgan fingerprint density at radius 3 is 2.65 bits per heavy atom. The lowest BCUT2D eigenvalue weighted by molar-refractivity contribution is -0.145. The summed E-state index contributed by atoms with van der Waals surface area (Å²) >= 11 is 0. The molecule has 5 nitrogen and oxygen atoms in total. The zero-order valence-corrected chi connectivity index (χ0v) is 13.3. The molecule has 1 saturated carbocycles. The second-order valence-corrected chi connectivity index (χ2v) is 6.47. The highest BCUT2D eigenvalue weighted by Gasteiger charge is 2.43. The molecule has 122 valence electrons. The first-order valence-corrected chi connectivity index (χ1v) is 7.99. The number of rotatable bonds is 5. The fourth-order valence-corrected chi connectivity index (χ4v) is 3.40. The van der Waals surface area contributed by atoms with Crippen molar-refractivity contribution < 1.29 is 14.7 Å². The number of carboxylic acid groups (broad SMARTS) is 1. The van der Waals surface area contributed by atoms with Crippen molar-refractivity contribution in [2.45, 2.75) is 45.4 Å². The number of nitrogens with zero attached hydrogens (tertiary/aromatic N) is 1. The third kappa shape index (κ3) is 4.10. The molecule has 1 amide bonds. The van der Waals surface area contributed by atoms with Crippen LogP contribution in [0.25, 0.3) is 0 Å². The number of nitriles is 1. The monoisotopic (exact) mass is 314 g/mol. The van der Waals surface area contributed by atoms with Crippen LogP contribution in [0, 0.1) is 22.7 Å². The molecule has 23 heavy (non-hydrogen) atoms. The van der Waals surface area contributed by atoms with Crippen molar-refractivity contribution in [3.8, 4) is 6.07 Å². The maximum Gasteiger partial charge on any atom is 0.304 e. The average molecular weight is 314 g/mol. The Balaban J connectivity index is 2.21. The van der Waals surface area contributed by atoms with E-state index >= 15 is 0 Å². The van der Waals surface area contributed by atoms with Crippen molar-refractivity contribution in [1.29, 1.82) is 5.26 Å². The summed E-state index contributed by atoms with van der Waals surface area (Å²) in [5, 5.41) is 21.0. The largest absolute Gasteiger partial charge is 0.481 e. The summed E-state index contributed by atoms with van der Waals surface area (Å²) < 4.78 is 0. The summed E-state index contributed by atoms with van der Waals surface area (Å²) in [5.41, 5.74) is 0.0522. The van der Waals surface area contributed by atoms with Crippen molar-refractivity contribution in [3.05, 3.63) is 29.8 Å². The minimum Gasteiger partial charge on any atom is -0.481 e. The van der Waals surface area contributed by atoms with Crippen LogP contribution in [0.5, 0.6) is 0 Å². The number of amides is 1. The summed E-state index contributed by atoms with van der Waals surface area (Å²) in [5.74, 6) is -1.16. The zero-order chi connectivity index (χ0) is 16.9. The quantitative estimate of drug-likeness (QED) is 0.869. The lowest BCUT2D eigenvalue weighted by Crippen LogP contribution is -2.42. The van der Waals surface area contributed by atoms with Gasteiger partial charge in [0.05, 0.1) is 23.5 Å². The van der Waals surface area contributed by atoms with Crippen molar-refractivity contribution in [2.75, 3.05) is 5.32 Å². The molecule has 1 atom stereocenters. The lowest BCUT2D eigenvalue weighted by Gasteiger charge is -2.37. The molecule has 0 aromatic heterocycles. The number of carboxylic acids is 1. The predicted octanol–water partition coefficient (Wildman–Crippen LogP) is 3.56. The van der Waals surface area contributed by atoms with Gasteiger partial charge in [0.1, 0.15) is 0 Å². The summed E-state index contributed by atoms with van der Waals surface area (Å²) in [7, 11) is 0. The van der Waals surface area contributed by atoms with Crippen LogP contribution in [0.2, 0.25) is 0 Å². The van der Waals surface area contributed by atoms with Crippen LogP contribution in [0.4, 0.5) is 5.69 Å². The van der Waals surface area contributed by atoms with Gasteiger partial charge in [0.15, 0.2) is 0 Å². The van der Waals surface area contributed by atoms with E-state index < -0.39 is 11.4 Å². The van der Waals surface area contributed by atoms with Gasteiger partial charge < -0.3 is 10.4 Å². The van der Waals surface area contributed by atoms with E-state index in [4.69, 9.17) is 5.26 Å². The fourth-order valence-electron chi connectivity index (χ4n) is 3.40. The molecule has 1 aromatic rings. The number of hydrogen-bond acceptors (Lipinski definition) is 3. The highest BCUT2D eigenvalue weighted by molar-refractivity contribution is 5.97. The van der Waals surface area contributed by atoms with Crippen molar-refractivity contribution in [2.24, 2.45) is 11.3 Å². The highest BCUT2D eigenvalue weighted by Crippen LogP contribution is 2.42. The van der Waals surface area contributed by atoms with Gasteiger partial charge in [-0.2, -0.15) is 5.26 Å². The van der Waals surface area contributed by atoms with Crippen LogP contribution >= 0.6 is 0 Å².